The van der Waals surface area contributed by atoms with Crippen LogP contribution in [0.4, 0.5) is 0 Å². The van der Waals surface area contributed by atoms with Crippen LogP contribution in [-0.4, -0.2) is 11.1 Å². The summed E-state index contributed by atoms with van der Waals surface area (Å²) in [4.78, 5) is 11.7. The molecule has 1 aromatic carbocycles. The zero-order valence-corrected chi connectivity index (χ0v) is 9.47. The minimum Gasteiger partial charge on any atom is -0.365 e. The van der Waals surface area contributed by atoms with E-state index in [1.807, 2.05) is 0 Å². The molecule has 0 bridgehead atoms. The van der Waals surface area contributed by atoms with Gasteiger partial charge in [-0.15, -0.1) is 0 Å². The van der Waals surface area contributed by atoms with Crippen molar-refractivity contribution in [2.45, 2.75) is 26.2 Å². The average molecular weight is 235 g/mol. The molecule has 2 rings (SSSR count). The maximum absolute atomic E-state index is 11.4. The Bertz CT molecular complexity index is 562. The highest BCUT2D eigenvalue weighted by Gasteiger charge is 2.21. The molecule has 1 heterocycles. The van der Waals surface area contributed by atoms with Crippen LogP contribution < -0.4 is 10.6 Å². The number of unbranched alkanes of at least 4 members (excludes halogenated alkanes) is 1. The SMILES string of the molecule is CCCCc1ccc2c(no[n+]2[O-])c1C(N)=O. The van der Waals surface area contributed by atoms with Gasteiger partial charge in [-0.1, -0.05) is 19.4 Å². The van der Waals surface area contributed by atoms with E-state index in [0.717, 1.165) is 24.8 Å². The summed E-state index contributed by atoms with van der Waals surface area (Å²) in [5.41, 5.74) is 6.88. The van der Waals surface area contributed by atoms with Crippen molar-refractivity contribution in [2.75, 3.05) is 0 Å². The first kappa shape index (κ1) is 11.4. The molecule has 6 nitrogen and oxygen atoms in total. The first-order chi connectivity index (χ1) is 8.15. The van der Waals surface area contributed by atoms with Crippen LogP contribution in [0.3, 0.4) is 0 Å². The number of benzene rings is 1. The van der Waals surface area contributed by atoms with Crippen molar-refractivity contribution in [3.8, 4) is 0 Å². The number of carbonyl (C=O) groups excluding carboxylic acids is 1. The van der Waals surface area contributed by atoms with Gasteiger partial charge in [0.1, 0.15) is 5.56 Å². The molecule has 0 spiro atoms. The highest BCUT2D eigenvalue weighted by atomic mass is 16.8. The Morgan fingerprint density at radius 1 is 1.59 bits per heavy atom. The molecule has 0 saturated carbocycles. The summed E-state index contributed by atoms with van der Waals surface area (Å²) in [6.07, 6.45) is 2.69. The maximum atomic E-state index is 11.4. The second-order valence-electron chi connectivity index (χ2n) is 3.87. The summed E-state index contributed by atoms with van der Waals surface area (Å²) < 4.78 is 4.47. The number of aryl methyl sites for hydroxylation is 1. The average Bonchev–Trinajstić information content (AvgIpc) is 2.67. The Morgan fingerprint density at radius 2 is 2.35 bits per heavy atom. The van der Waals surface area contributed by atoms with Gasteiger partial charge in [0.2, 0.25) is 5.52 Å². The number of fused-ring (bicyclic) bond motifs is 1. The number of amides is 1. The molecule has 0 aliphatic heterocycles. The Hall–Kier alpha value is -2.11. The summed E-state index contributed by atoms with van der Waals surface area (Å²) in [5.74, 6) is -0.587. The third-order valence-electron chi connectivity index (χ3n) is 2.69. The normalized spacial score (nSPS) is 10.9. The number of primary amides is 1. The molecule has 17 heavy (non-hydrogen) atoms. The van der Waals surface area contributed by atoms with Gasteiger partial charge >= 0.3 is 0 Å². The number of nitrogens with two attached hydrogens (primary N) is 1. The summed E-state index contributed by atoms with van der Waals surface area (Å²) >= 11 is 0. The Labute approximate surface area is 97.5 Å². The van der Waals surface area contributed by atoms with Gasteiger partial charge in [0.25, 0.3) is 11.4 Å². The predicted octanol–water partition coefficient (Wildman–Crippen LogP) is 0.903. The monoisotopic (exact) mass is 235 g/mol. The smallest absolute Gasteiger partial charge is 0.261 e. The van der Waals surface area contributed by atoms with Gasteiger partial charge in [-0.05, 0) is 29.4 Å². The van der Waals surface area contributed by atoms with Crippen LogP contribution >= 0.6 is 0 Å². The van der Waals surface area contributed by atoms with Crippen LogP contribution in [0, 0.1) is 5.21 Å². The molecular weight excluding hydrogens is 222 g/mol. The number of carbonyl (C=O) groups is 1. The molecule has 0 radical (unpaired) electrons. The number of hydrogen-bond donors (Lipinski definition) is 1. The van der Waals surface area contributed by atoms with Crippen molar-refractivity contribution in [3.05, 3.63) is 28.5 Å². The van der Waals surface area contributed by atoms with Crippen molar-refractivity contribution < 1.29 is 14.3 Å². The van der Waals surface area contributed by atoms with Crippen molar-refractivity contribution in [1.82, 2.24) is 5.16 Å². The largest absolute Gasteiger partial charge is 0.365 e. The molecule has 0 atom stereocenters. The highest BCUT2D eigenvalue weighted by Crippen LogP contribution is 2.20. The molecule has 0 aliphatic rings. The van der Waals surface area contributed by atoms with Crippen LogP contribution in [-0.2, 0) is 6.42 Å². The van der Waals surface area contributed by atoms with Gasteiger partial charge in [0.15, 0.2) is 0 Å². The highest BCUT2D eigenvalue weighted by molar-refractivity contribution is 6.04. The van der Waals surface area contributed by atoms with Crippen molar-refractivity contribution in [2.24, 2.45) is 5.73 Å². The van der Waals surface area contributed by atoms with Crippen LogP contribution in [0.25, 0.3) is 11.0 Å². The topological polar surface area (TPSA) is 96.1 Å². The first-order valence-corrected chi connectivity index (χ1v) is 5.46. The van der Waals surface area contributed by atoms with E-state index in [4.69, 9.17) is 5.73 Å². The van der Waals surface area contributed by atoms with Crippen molar-refractivity contribution in [3.63, 3.8) is 0 Å². The fourth-order valence-corrected chi connectivity index (χ4v) is 1.83. The summed E-state index contributed by atoms with van der Waals surface area (Å²) in [6, 6.07) is 3.32. The zero-order chi connectivity index (χ0) is 12.4. The number of hydrogen-bond acceptors (Lipinski definition) is 4. The van der Waals surface area contributed by atoms with Crippen molar-refractivity contribution in [1.29, 1.82) is 0 Å². The number of nitrogens with zero attached hydrogens (tertiary/aromatic N) is 2. The van der Waals surface area contributed by atoms with Gasteiger partial charge in [0, 0.05) is 5.16 Å². The Balaban J connectivity index is 2.60. The first-order valence-electron chi connectivity index (χ1n) is 5.46. The van der Waals surface area contributed by atoms with E-state index < -0.39 is 5.91 Å². The minimum absolute atomic E-state index is 0.221. The number of rotatable bonds is 4. The molecule has 1 amide bonds. The van der Waals surface area contributed by atoms with E-state index in [9.17, 15) is 10.0 Å². The van der Waals surface area contributed by atoms with Gasteiger partial charge in [-0.3, -0.25) is 9.42 Å². The van der Waals surface area contributed by atoms with E-state index in [2.05, 4.69) is 16.7 Å². The second-order valence-corrected chi connectivity index (χ2v) is 3.87. The van der Waals surface area contributed by atoms with E-state index in [1.165, 1.54) is 0 Å². The molecule has 1 aromatic heterocycles. The summed E-state index contributed by atoms with van der Waals surface area (Å²) in [7, 11) is 0. The summed E-state index contributed by atoms with van der Waals surface area (Å²) in [6.45, 7) is 2.06. The standard InChI is InChI=1S/C11H13N3O3/c1-2-3-4-7-5-6-8-10(9(7)11(12)15)13-17-14(8)16/h5-6H,2-4H2,1H3,(H2,12,15). The van der Waals surface area contributed by atoms with Gasteiger partial charge < -0.3 is 10.9 Å². The molecule has 0 fully saturated rings. The van der Waals surface area contributed by atoms with Gasteiger partial charge in [-0.2, -0.15) is 0 Å². The molecule has 90 valence electrons. The molecule has 0 unspecified atom stereocenters. The maximum Gasteiger partial charge on any atom is 0.261 e. The van der Waals surface area contributed by atoms with Crippen molar-refractivity contribution >= 4 is 16.9 Å². The predicted molar refractivity (Wildman–Crippen MR) is 60.1 cm³/mol. The van der Waals surface area contributed by atoms with Gasteiger partial charge in [0.05, 0.1) is 0 Å². The zero-order valence-electron chi connectivity index (χ0n) is 9.47. The number of aromatic nitrogens is 2. The van der Waals surface area contributed by atoms with E-state index in [1.54, 1.807) is 12.1 Å². The fourth-order valence-electron chi connectivity index (χ4n) is 1.83. The fraction of sp³-hybridized carbons (Fsp3) is 0.364. The third-order valence-corrected chi connectivity index (χ3v) is 2.69. The van der Waals surface area contributed by atoms with E-state index >= 15 is 0 Å². The van der Waals surface area contributed by atoms with Crippen LogP contribution in [0.5, 0.6) is 0 Å². The van der Waals surface area contributed by atoms with E-state index in [-0.39, 0.29) is 21.5 Å². The molecule has 0 saturated heterocycles. The van der Waals surface area contributed by atoms with Crippen LogP contribution in [0.15, 0.2) is 16.8 Å². The molecule has 2 N–H and O–H groups in total. The lowest BCUT2D eigenvalue weighted by Crippen LogP contribution is -2.23. The van der Waals surface area contributed by atoms with E-state index in [0.29, 0.717) is 0 Å². The minimum atomic E-state index is -0.587. The van der Waals surface area contributed by atoms with Gasteiger partial charge in [-0.25, -0.2) is 0 Å². The molecule has 0 aliphatic carbocycles. The third kappa shape index (κ3) is 1.93. The van der Waals surface area contributed by atoms with Crippen LogP contribution in [0.1, 0.15) is 35.7 Å². The van der Waals surface area contributed by atoms with Crippen LogP contribution in [0.2, 0.25) is 0 Å². The molecular formula is C11H13N3O3. The lowest BCUT2D eigenvalue weighted by atomic mass is 10.00. The Morgan fingerprint density at radius 3 is 3.00 bits per heavy atom. The lowest BCUT2D eigenvalue weighted by molar-refractivity contribution is -0.782. The lowest BCUT2D eigenvalue weighted by Gasteiger charge is -2.03. The summed E-state index contributed by atoms with van der Waals surface area (Å²) in [5, 5.41) is 14.8. The second kappa shape index (κ2) is 4.40. The Kier molecular flexibility index (Phi) is 2.95. The molecule has 6 heteroatoms. The molecule has 2 aromatic rings. The quantitative estimate of drug-likeness (QED) is 0.796.